The summed E-state index contributed by atoms with van der Waals surface area (Å²) in [5.41, 5.74) is 6.46. The van der Waals surface area contributed by atoms with Gasteiger partial charge in [-0.05, 0) is 58.2 Å². The zero-order valence-electron chi connectivity index (χ0n) is 12.2. The lowest BCUT2D eigenvalue weighted by atomic mass is 9.85. The van der Waals surface area contributed by atoms with Crippen molar-refractivity contribution in [1.82, 2.24) is 9.80 Å². The molecule has 0 aromatic carbocycles. The highest BCUT2D eigenvalue weighted by molar-refractivity contribution is 7.98. The van der Waals surface area contributed by atoms with Crippen molar-refractivity contribution in [2.75, 3.05) is 38.7 Å². The van der Waals surface area contributed by atoms with Crippen LogP contribution in [-0.4, -0.2) is 66.1 Å². The molecule has 2 N–H and O–H groups in total. The lowest BCUT2D eigenvalue weighted by molar-refractivity contribution is 0.0565. The summed E-state index contributed by atoms with van der Waals surface area (Å²) in [5, 5.41) is 0. The molecule has 3 nitrogen and oxygen atoms in total. The van der Waals surface area contributed by atoms with E-state index in [9.17, 15) is 0 Å². The number of likely N-dealkylation sites (N-methyl/N-ethyl adjacent to an activating group) is 1. The summed E-state index contributed by atoms with van der Waals surface area (Å²) < 4.78 is 0. The summed E-state index contributed by atoms with van der Waals surface area (Å²) in [6.07, 6.45) is 7.43. The summed E-state index contributed by atoms with van der Waals surface area (Å²) >= 11 is 1.95. The molecule has 0 aromatic rings. The van der Waals surface area contributed by atoms with E-state index in [1.165, 1.54) is 44.5 Å². The molecule has 2 saturated heterocycles. The van der Waals surface area contributed by atoms with E-state index in [1.807, 2.05) is 11.8 Å². The monoisotopic (exact) mass is 271 g/mol. The van der Waals surface area contributed by atoms with E-state index in [4.69, 9.17) is 5.73 Å². The van der Waals surface area contributed by atoms with Crippen molar-refractivity contribution in [2.45, 2.75) is 50.2 Å². The molecule has 4 heteroatoms. The van der Waals surface area contributed by atoms with Crippen LogP contribution < -0.4 is 5.73 Å². The molecule has 2 rings (SSSR count). The molecule has 3 atom stereocenters. The van der Waals surface area contributed by atoms with Crippen molar-refractivity contribution in [2.24, 2.45) is 5.73 Å². The van der Waals surface area contributed by atoms with E-state index < -0.39 is 0 Å². The van der Waals surface area contributed by atoms with Gasteiger partial charge in [-0.15, -0.1) is 0 Å². The Balaban J connectivity index is 2.07. The van der Waals surface area contributed by atoms with E-state index in [1.54, 1.807) is 0 Å². The van der Waals surface area contributed by atoms with Gasteiger partial charge in [-0.25, -0.2) is 0 Å². The third-order valence-corrected chi connectivity index (χ3v) is 5.92. The second-order valence-corrected chi connectivity index (χ2v) is 6.98. The summed E-state index contributed by atoms with van der Waals surface area (Å²) in [7, 11) is 2.31. The van der Waals surface area contributed by atoms with Crippen molar-refractivity contribution in [3.8, 4) is 0 Å². The third-order valence-electron chi connectivity index (χ3n) is 5.27. The van der Waals surface area contributed by atoms with Gasteiger partial charge in [0.15, 0.2) is 0 Å². The highest BCUT2D eigenvalue weighted by Gasteiger charge is 2.51. The van der Waals surface area contributed by atoms with Gasteiger partial charge in [0.05, 0.1) is 0 Å². The SMILES string of the molecule is CSCCC(C)N(C)C1(CN)CCN2CCCC21. The Bertz CT molecular complexity index is 274. The summed E-state index contributed by atoms with van der Waals surface area (Å²) in [4.78, 5) is 5.28. The molecule has 0 spiro atoms. The van der Waals surface area contributed by atoms with Gasteiger partial charge in [-0.3, -0.25) is 9.80 Å². The highest BCUT2D eigenvalue weighted by Crippen LogP contribution is 2.40. The lowest BCUT2D eigenvalue weighted by Crippen LogP contribution is -2.60. The van der Waals surface area contributed by atoms with Crippen molar-refractivity contribution in [1.29, 1.82) is 0 Å². The minimum atomic E-state index is 0.244. The fraction of sp³-hybridized carbons (Fsp3) is 1.00. The Labute approximate surface area is 116 Å². The maximum atomic E-state index is 6.22. The third kappa shape index (κ3) is 2.45. The zero-order valence-corrected chi connectivity index (χ0v) is 13.0. The first kappa shape index (κ1) is 14.6. The van der Waals surface area contributed by atoms with Crippen molar-refractivity contribution >= 4 is 11.8 Å². The highest BCUT2D eigenvalue weighted by atomic mass is 32.2. The molecule has 2 aliphatic rings. The van der Waals surface area contributed by atoms with E-state index >= 15 is 0 Å². The van der Waals surface area contributed by atoms with Crippen LogP contribution in [0.2, 0.25) is 0 Å². The van der Waals surface area contributed by atoms with E-state index in [-0.39, 0.29) is 5.54 Å². The number of hydrogen-bond donors (Lipinski definition) is 1. The lowest BCUT2D eigenvalue weighted by Gasteiger charge is -2.45. The maximum absolute atomic E-state index is 6.22. The minimum absolute atomic E-state index is 0.244. The van der Waals surface area contributed by atoms with Gasteiger partial charge in [-0.2, -0.15) is 11.8 Å². The van der Waals surface area contributed by atoms with Gasteiger partial charge in [0.2, 0.25) is 0 Å². The van der Waals surface area contributed by atoms with E-state index in [0.29, 0.717) is 12.1 Å². The first-order valence-electron chi connectivity index (χ1n) is 7.31. The Kier molecular flexibility index (Phi) is 4.98. The van der Waals surface area contributed by atoms with Crippen LogP contribution in [0.1, 0.15) is 32.6 Å². The molecule has 2 heterocycles. The molecule has 0 bridgehead atoms. The quantitative estimate of drug-likeness (QED) is 0.796. The molecule has 0 radical (unpaired) electrons. The van der Waals surface area contributed by atoms with Gasteiger partial charge in [0, 0.05) is 30.7 Å². The largest absolute Gasteiger partial charge is 0.329 e. The van der Waals surface area contributed by atoms with Crippen molar-refractivity contribution in [3.05, 3.63) is 0 Å². The van der Waals surface area contributed by atoms with Gasteiger partial charge in [0.25, 0.3) is 0 Å². The molecule has 0 aliphatic carbocycles. The fourth-order valence-electron chi connectivity index (χ4n) is 3.92. The summed E-state index contributed by atoms with van der Waals surface area (Å²) in [6, 6.07) is 1.35. The van der Waals surface area contributed by atoms with Crippen molar-refractivity contribution < 1.29 is 0 Å². The molecular weight excluding hydrogens is 242 g/mol. The summed E-state index contributed by atoms with van der Waals surface area (Å²) in [5.74, 6) is 1.25. The Morgan fingerprint density at radius 1 is 1.50 bits per heavy atom. The number of rotatable bonds is 6. The Morgan fingerprint density at radius 3 is 2.94 bits per heavy atom. The predicted molar refractivity (Wildman–Crippen MR) is 81.2 cm³/mol. The van der Waals surface area contributed by atoms with Crippen LogP contribution in [0.4, 0.5) is 0 Å². The van der Waals surface area contributed by atoms with E-state index in [0.717, 1.165) is 6.54 Å². The van der Waals surface area contributed by atoms with Gasteiger partial charge >= 0.3 is 0 Å². The fourth-order valence-corrected chi connectivity index (χ4v) is 4.50. The molecule has 3 unspecified atom stereocenters. The number of thioether (sulfide) groups is 1. The van der Waals surface area contributed by atoms with Crippen LogP contribution >= 0.6 is 11.8 Å². The van der Waals surface area contributed by atoms with E-state index in [2.05, 4.69) is 30.0 Å². The Morgan fingerprint density at radius 2 is 2.28 bits per heavy atom. The molecule has 18 heavy (non-hydrogen) atoms. The number of hydrogen-bond acceptors (Lipinski definition) is 4. The molecule has 0 aromatic heterocycles. The Hall–Kier alpha value is 0.230. The normalized spacial score (nSPS) is 34.2. The van der Waals surface area contributed by atoms with Crippen LogP contribution in [0.15, 0.2) is 0 Å². The summed E-state index contributed by atoms with van der Waals surface area (Å²) in [6.45, 7) is 5.72. The van der Waals surface area contributed by atoms with Gasteiger partial charge in [0.1, 0.15) is 0 Å². The molecule has 0 amide bonds. The maximum Gasteiger partial charge on any atom is 0.0498 e. The van der Waals surface area contributed by atoms with Crippen molar-refractivity contribution in [3.63, 3.8) is 0 Å². The minimum Gasteiger partial charge on any atom is -0.329 e. The van der Waals surface area contributed by atoms with Crippen LogP contribution in [0.5, 0.6) is 0 Å². The number of nitrogens with two attached hydrogens (primary N) is 1. The van der Waals surface area contributed by atoms with Crippen LogP contribution in [-0.2, 0) is 0 Å². The first-order valence-corrected chi connectivity index (χ1v) is 8.71. The van der Waals surface area contributed by atoms with Crippen LogP contribution in [0.25, 0.3) is 0 Å². The first-order chi connectivity index (χ1) is 8.65. The zero-order chi connectivity index (χ0) is 13.2. The molecule has 2 aliphatic heterocycles. The predicted octanol–water partition coefficient (Wildman–Crippen LogP) is 1.63. The second kappa shape index (κ2) is 6.12. The molecular formula is C14H29N3S. The van der Waals surface area contributed by atoms with Crippen LogP contribution in [0.3, 0.4) is 0 Å². The number of fused-ring (bicyclic) bond motifs is 1. The number of nitrogens with zero attached hydrogens (tertiary/aromatic N) is 2. The van der Waals surface area contributed by atoms with Crippen LogP contribution in [0, 0.1) is 0 Å². The standard InChI is InChI=1S/C14H29N3S/c1-12(6-10-18-3)16(2)14(11-15)7-9-17-8-4-5-13(14)17/h12-13H,4-11,15H2,1-3H3. The average molecular weight is 271 g/mol. The second-order valence-electron chi connectivity index (χ2n) is 5.99. The molecule has 0 saturated carbocycles. The molecule has 2 fully saturated rings. The average Bonchev–Trinajstić information content (AvgIpc) is 2.97. The van der Waals surface area contributed by atoms with Gasteiger partial charge in [-0.1, -0.05) is 0 Å². The topological polar surface area (TPSA) is 32.5 Å². The van der Waals surface area contributed by atoms with Gasteiger partial charge < -0.3 is 5.73 Å². The molecule has 106 valence electrons. The smallest absolute Gasteiger partial charge is 0.0498 e.